The normalized spacial score (nSPS) is 19.6. The molecule has 3 N–H and O–H groups in total. The van der Waals surface area contributed by atoms with E-state index in [2.05, 4.69) is 16.6 Å². The smallest absolute Gasteiger partial charge is 0.121 e. The van der Waals surface area contributed by atoms with Gasteiger partial charge in [0.2, 0.25) is 0 Å². The van der Waals surface area contributed by atoms with Crippen LogP contribution < -0.4 is 15.9 Å². The molecule has 8 nitrogen and oxygen atoms in total. The standard InChI is InChI=1S/C13H16N4O4/c1-8-3-4-9(2)13(8)15-14-11-6-5-10(16(18)19)7-12(11)17(20)21/h3,5-7,9,14,20-21H,4H2,1-2H3/q-2/t9-/m1/s1. The van der Waals surface area contributed by atoms with E-state index in [1.165, 1.54) is 12.1 Å². The van der Waals surface area contributed by atoms with Crippen molar-refractivity contribution in [3.8, 4) is 0 Å². The van der Waals surface area contributed by atoms with Crippen molar-refractivity contribution in [1.82, 2.24) is 0 Å². The molecule has 0 aromatic heterocycles. The highest BCUT2D eigenvalue weighted by atomic mass is 16.8. The second kappa shape index (κ2) is 6.10. The van der Waals surface area contributed by atoms with Crippen LogP contribution in [0, 0.1) is 16.3 Å². The monoisotopic (exact) mass is 292 g/mol. The maximum Gasteiger partial charge on any atom is 0.121 e. The summed E-state index contributed by atoms with van der Waals surface area (Å²) < 4.78 is 0. The van der Waals surface area contributed by atoms with E-state index in [1.807, 2.05) is 13.8 Å². The van der Waals surface area contributed by atoms with E-state index in [-0.39, 0.29) is 28.2 Å². The average Bonchev–Trinajstić information content (AvgIpc) is 2.75. The first-order valence-electron chi connectivity index (χ1n) is 6.37. The lowest BCUT2D eigenvalue weighted by Crippen LogP contribution is -2.15. The first-order valence-corrected chi connectivity index (χ1v) is 6.37. The zero-order chi connectivity index (χ0) is 15.6. The SMILES string of the molecule is CC1=CC[C@@H](C)C1=NNc1ccc(N([O-])[O-])cc1N(O)O. The average molecular weight is 292 g/mol. The van der Waals surface area contributed by atoms with Gasteiger partial charge in [0.25, 0.3) is 0 Å². The second-order valence-corrected chi connectivity index (χ2v) is 4.88. The van der Waals surface area contributed by atoms with Crippen LogP contribution in [0.5, 0.6) is 0 Å². The quantitative estimate of drug-likeness (QED) is 0.730. The lowest BCUT2D eigenvalue weighted by atomic mass is 10.1. The molecule has 2 rings (SSSR count). The zero-order valence-electron chi connectivity index (χ0n) is 11.6. The van der Waals surface area contributed by atoms with Crippen LogP contribution in [-0.2, 0) is 0 Å². The highest BCUT2D eigenvalue weighted by Gasteiger charge is 2.18. The van der Waals surface area contributed by atoms with Gasteiger partial charge >= 0.3 is 0 Å². The maximum atomic E-state index is 10.7. The highest BCUT2D eigenvalue weighted by molar-refractivity contribution is 6.03. The maximum absolute atomic E-state index is 10.7. The number of anilines is 3. The summed E-state index contributed by atoms with van der Waals surface area (Å²) >= 11 is 0. The molecule has 8 heteroatoms. The lowest BCUT2D eigenvalue weighted by Gasteiger charge is -2.37. The Kier molecular flexibility index (Phi) is 4.43. The molecule has 0 spiro atoms. The first kappa shape index (κ1) is 15.3. The summed E-state index contributed by atoms with van der Waals surface area (Å²) in [6.45, 7) is 3.99. The van der Waals surface area contributed by atoms with Crippen LogP contribution in [0.2, 0.25) is 0 Å². The molecule has 1 aromatic rings. The van der Waals surface area contributed by atoms with Gasteiger partial charge in [0.05, 0.1) is 11.4 Å². The molecule has 0 heterocycles. The van der Waals surface area contributed by atoms with E-state index in [0.717, 1.165) is 23.8 Å². The number of hydrazone groups is 1. The summed E-state index contributed by atoms with van der Waals surface area (Å²) in [7, 11) is 0. The second-order valence-electron chi connectivity index (χ2n) is 4.88. The van der Waals surface area contributed by atoms with Crippen molar-refractivity contribution in [2.24, 2.45) is 11.0 Å². The lowest BCUT2D eigenvalue weighted by molar-refractivity contribution is 0.0295. The summed E-state index contributed by atoms with van der Waals surface area (Å²) in [5.41, 5.74) is 4.52. The number of nitrogens with one attached hydrogen (secondary N) is 1. The molecule has 21 heavy (non-hydrogen) atoms. The highest BCUT2D eigenvalue weighted by Crippen LogP contribution is 2.30. The van der Waals surface area contributed by atoms with Gasteiger partial charge in [-0.25, -0.2) is 0 Å². The summed E-state index contributed by atoms with van der Waals surface area (Å²) in [5, 5.41) is 43.2. The fourth-order valence-electron chi connectivity index (χ4n) is 2.17. The van der Waals surface area contributed by atoms with Crippen molar-refractivity contribution in [3.05, 3.63) is 40.3 Å². The Morgan fingerprint density at radius 2 is 2.05 bits per heavy atom. The molecule has 0 saturated carbocycles. The molecule has 0 radical (unpaired) electrons. The first-order chi connectivity index (χ1) is 9.90. The van der Waals surface area contributed by atoms with E-state index in [4.69, 9.17) is 0 Å². The van der Waals surface area contributed by atoms with Crippen LogP contribution in [0.4, 0.5) is 17.1 Å². The van der Waals surface area contributed by atoms with Crippen molar-refractivity contribution in [2.75, 3.05) is 15.9 Å². The van der Waals surface area contributed by atoms with Gasteiger partial charge < -0.3 is 15.6 Å². The van der Waals surface area contributed by atoms with Gasteiger partial charge in [-0.05, 0) is 37.1 Å². The molecule has 1 aliphatic carbocycles. The minimum Gasteiger partial charge on any atom is -0.769 e. The van der Waals surface area contributed by atoms with Crippen LogP contribution >= 0.6 is 0 Å². The third-order valence-corrected chi connectivity index (χ3v) is 3.35. The van der Waals surface area contributed by atoms with Gasteiger partial charge in [-0.3, -0.25) is 15.8 Å². The van der Waals surface area contributed by atoms with Gasteiger partial charge in [-0.15, -0.1) is 5.23 Å². The topological polar surface area (TPSA) is 117 Å². The van der Waals surface area contributed by atoms with Crippen LogP contribution in [0.15, 0.2) is 34.9 Å². The van der Waals surface area contributed by atoms with Crippen molar-refractivity contribution in [3.63, 3.8) is 0 Å². The Labute approximate surface area is 121 Å². The fraction of sp³-hybridized carbons (Fsp3) is 0.308. The number of hydrogen-bond acceptors (Lipinski definition) is 8. The molecule has 0 amide bonds. The van der Waals surface area contributed by atoms with Crippen molar-refractivity contribution < 1.29 is 10.4 Å². The van der Waals surface area contributed by atoms with Gasteiger partial charge in [-0.2, -0.15) is 5.10 Å². The molecule has 1 aliphatic rings. The van der Waals surface area contributed by atoms with E-state index >= 15 is 0 Å². The fourth-order valence-corrected chi connectivity index (χ4v) is 2.17. The van der Waals surface area contributed by atoms with Gasteiger partial charge in [0.1, 0.15) is 5.69 Å². The molecule has 0 fully saturated rings. The summed E-state index contributed by atoms with van der Waals surface area (Å²) in [5.74, 6) is 0.276. The summed E-state index contributed by atoms with van der Waals surface area (Å²) in [6, 6.07) is 3.68. The van der Waals surface area contributed by atoms with Crippen LogP contribution in [0.3, 0.4) is 0 Å². The van der Waals surface area contributed by atoms with Crippen LogP contribution in [-0.4, -0.2) is 16.1 Å². The number of allylic oxidation sites excluding steroid dienone is 2. The number of nitrogens with zero attached hydrogens (tertiary/aromatic N) is 3. The number of hydrogen-bond donors (Lipinski definition) is 3. The van der Waals surface area contributed by atoms with E-state index < -0.39 is 5.23 Å². The molecule has 1 atom stereocenters. The molecular weight excluding hydrogens is 276 g/mol. The van der Waals surface area contributed by atoms with E-state index in [9.17, 15) is 20.8 Å². The minimum atomic E-state index is -0.616. The largest absolute Gasteiger partial charge is 0.769 e. The molecule has 0 aliphatic heterocycles. The predicted molar refractivity (Wildman–Crippen MR) is 80.3 cm³/mol. The molecule has 114 valence electrons. The Morgan fingerprint density at radius 1 is 1.33 bits per heavy atom. The Hall–Kier alpha value is -2.13. The van der Waals surface area contributed by atoms with E-state index in [1.54, 1.807) is 0 Å². The Bertz CT molecular complexity index is 584. The zero-order valence-corrected chi connectivity index (χ0v) is 11.6. The molecule has 0 bridgehead atoms. The molecule has 0 saturated heterocycles. The Morgan fingerprint density at radius 3 is 2.57 bits per heavy atom. The third kappa shape index (κ3) is 3.31. The van der Waals surface area contributed by atoms with Gasteiger partial charge in [0, 0.05) is 11.6 Å². The van der Waals surface area contributed by atoms with Crippen molar-refractivity contribution in [2.45, 2.75) is 20.3 Å². The molecule has 1 aromatic carbocycles. The van der Waals surface area contributed by atoms with Crippen molar-refractivity contribution >= 4 is 22.8 Å². The molecule has 0 unspecified atom stereocenters. The third-order valence-electron chi connectivity index (χ3n) is 3.35. The van der Waals surface area contributed by atoms with Crippen LogP contribution in [0.1, 0.15) is 20.3 Å². The predicted octanol–water partition coefficient (Wildman–Crippen LogP) is 2.83. The van der Waals surface area contributed by atoms with Gasteiger partial charge in [0.15, 0.2) is 0 Å². The van der Waals surface area contributed by atoms with E-state index in [0.29, 0.717) is 0 Å². The number of rotatable bonds is 4. The minimum absolute atomic E-state index is 0.152. The molecular formula is C13H16N4O4-2. The summed E-state index contributed by atoms with van der Waals surface area (Å²) in [6.07, 6.45) is 2.98. The number of benzene rings is 1. The Balaban J connectivity index is 2.28. The van der Waals surface area contributed by atoms with Crippen LogP contribution in [0.25, 0.3) is 0 Å². The van der Waals surface area contributed by atoms with Crippen molar-refractivity contribution in [1.29, 1.82) is 0 Å². The summed E-state index contributed by atoms with van der Waals surface area (Å²) in [4.78, 5) is 0. The van der Waals surface area contributed by atoms with Gasteiger partial charge in [-0.1, -0.05) is 13.0 Å².